The van der Waals surface area contributed by atoms with E-state index in [1.54, 1.807) is 24.6 Å². The largest absolute Gasteiger partial charge is 0.444 e. The normalized spacial score (nSPS) is 10.4. The van der Waals surface area contributed by atoms with E-state index in [0.29, 0.717) is 12.4 Å². The van der Waals surface area contributed by atoms with Crippen LogP contribution in [0.3, 0.4) is 0 Å². The van der Waals surface area contributed by atoms with Gasteiger partial charge in [-0.25, -0.2) is 4.98 Å². The van der Waals surface area contributed by atoms with Crippen LogP contribution in [0, 0.1) is 0 Å². The van der Waals surface area contributed by atoms with E-state index in [0.717, 1.165) is 10.6 Å². The van der Waals surface area contributed by atoms with Crippen molar-refractivity contribution in [1.29, 1.82) is 0 Å². The number of carbonyl (C=O) groups is 1. The highest BCUT2D eigenvalue weighted by molar-refractivity contribution is 7.13. The highest BCUT2D eigenvalue weighted by Gasteiger charge is 2.07. The Bertz CT molecular complexity index is 479. The van der Waals surface area contributed by atoms with E-state index < -0.39 is 0 Å². The first-order chi connectivity index (χ1) is 8.29. The number of thiophene rings is 1. The second kappa shape index (κ2) is 5.60. The Morgan fingerprint density at radius 3 is 3.18 bits per heavy atom. The van der Waals surface area contributed by atoms with Gasteiger partial charge in [-0.3, -0.25) is 4.79 Å². The van der Waals surface area contributed by atoms with Crippen LogP contribution in [-0.2, 0) is 11.3 Å². The molecule has 2 aromatic rings. The van der Waals surface area contributed by atoms with Crippen molar-refractivity contribution in [2.45, 2.75) is 6.54 Å². The van der Waals surface area contributed by atoms with E-state index >= 15 is 0 Å². The Morgan fingerprint density at radius 1 is 1.59 bits per heavy atom. The molecule has 2 rings (SSSR count). The molecule has 0 aliphatic heterocycles. The van der Waals surface area contributed by atoms with E-state index in [1.807, 2.05) is 17.5 Å². The molecule has 0 atom stereocenters. The van der Waals surface area contributed by atoms with Gasteiger partial charge in [0, 0.05) is 13.6 Å². The molecule has 0 aliphatic rings. The summed E-state index contributed by atoms with van der Waals surface area (Å²) in [7, 11) is 1.61. The number of nitrogens with one attached hydrogen (secondary N) is 2. The smallest absolute Gasteiger partial charge is 0.236 e. The molecule has 1 amide bonds. The van der Waals surface area contributed by atoms with Gasteiger partial charge in [-0.1, -0.05) is 6.07 Å². The van der Waals surface area contributed by atoms with Crippen molar-refractivity contribution in [2.24, 2.45) is 0 Å². The van der Waals surface area contributed by atoms with Gasteiger partial charge in [0.25, 0.3) is 0 Å². The third kappa shape index (κ3) is 3.15. The molecule has 0 spiro atoms. The monoisotopic (exact) mass is 251 g/mol. The predicted molar refractivity (Wildman–Crippen MR) is 65.6 cm³/mol. The number of hydrogen-bond donors (Lipinski definition) is 2. The Morgan fingerprint density at radius 2 is 2.47 bits per heavy atom. The van der Waals surface area contributed by atoms with E-state index in [4.69, 9.17) is 4.42 Å². The van der Waals surface area contributed by atoms with E-state index in [1.165, 1.54) is 0 Å². The number of amides is 1. The number of rotatable bonds is 5. The van der Waals surface area contributed by atoms with Crippen LogP contribution >= 0.6 is 11.3 Å². The molecule has 2 N–H and O–H groups in total. The summed E-state index contributed by atoms with van der Waals surface area (Å²) in [5.41, 5.74) is 0.789. The average molecular weight is 251 g/mol. The van der Waals surface area contributed by atoms with Crippen LogP contribution < -0.4 is 10.6 Å². The minimum atomic E-state index is -0.0491. The summed E-state index contributed by atoms with van der Waals surface area (Å²) in [6.45, 7) is 0.792. The molecule has 0 bridgehead atoms. The number of likely N-dealkylation sites (N-methyl/N-ethyl adjacent to an activating group) is 1. The SMILES string of the molecule is CNC(=O)CNCc1coc(-c2cccs2)n1. The average Bonchev–Trinajstić information content (AvgIpc) is 2.98. The molecule has 17 heavy (non-hydrogen) atoms. The Balaban J connectivity index is 1.89. The lowest BCUT2D eigenvalue weighted by atomic mass is 10.4. The fraction of sp³-hybridized carbons (Fsp3) is 0.273. The maximum Gasteiger partial charge on any atom is 0.236 e. The third-order valence-electron chi connectivity index (χ3n) is 2.15. The van der Waals surface area contributed by atoms with Crippen LogP contribution in [0.2, 0.25) is 0 Å². The van der Waals surface area contributed by atoms with Crippen LogP contribution in [0.5, 0.6) is 0 Å². The molecule has 2 aromatic heterocycles. The van der Waals surface area contributed by atoms with Crippen LogP contribution in [0.4, 0.5) is 0 Å². The highest BCUT2D eigenvalue weighted by Crippen LogP contribution is 2.23. The number of hydrogen-bond acceptors (Lipinski definition) is 5. The van der Waals surface area contributed by atoms with E-state index in [9.17, 15) is 4.79 Å². The first-order valence-corrected chi connectivity index (χ1v) is 6.07. The molecule has 0 radical (unpaired) electrons. The van der Waals surface area contributed by atoms with Crippen molar-refractivity contribution in [2.75, 3.05) is 13.6 Å². The van der Waals surface area contributed by atoms with Gasteiger partial charge < -0.3 is 15.1 Å². The summed E-state index contributed by atoms with van der Waals surface area (Å²) < 4.78 is 5.35. The van der Waals surface area contributed by atoms with Gasteiger partial charge in [-0.2, -0.15) is 0 Å². The quantitative estimate of drug-likeness (QED) is 0.839. The van der Waals surface area contributed by atoms with E-state index in [2.05, 4.69) is 15.6 Å². The molecule has 0 unspecified atom stereocenters. The maximum absolute atomic E-state index is 11.0. The third-order valence-corrected chi connectivity index (χ3v) is 3.01. The van der Waals surface area contributed by atoms with Crippen molar-refractivity contribution < 1.29 is 9.21 Å². The van der Waals surface area contributed by atoms with E-state index in [-0.39, 0.29) is 12.5 Å². The molecule has 0 aromatic carbocycles. The highest BCUT2D eigenvalue weighted by atomic mass is 32.1. The van der Waals surface area contributed by atoms with Crippen LogP contribution in [0.1, 0.15) is 5.69 Å². The fourth-order valence-electron chi connectivity index (χ4n) is 1.29. The van der Waals surface area contributed by atoms with Crippen molar-refractivity contribution in [3.05, 3.63) is 29.5 Å². The summed E-state index contributed by atoms with van der Waals surface area (Å²) >= 11 is 1.58. The van der Waals surface area contributed by atoms with Crippen molar-refractivity contribution in [3.63, 3.8) is 0 Å². The first-order valence-electron chi connectivity index (χ1n) is 5.19. The maximum atomic E-state index is 11.0. The Hall–Kier alpha value is -1.66. The topological polar surface area (TPSA) is 67.2 Å². The molecule has 0 saturated heterocycles. The van der Waals surface area contributed by atoms with Crippen molar-refractivity contribution >= 4 is 17.2 Å². The fourth-order valence-corrected chi connectivity index (χ4v) is 1.95. The molecular weight excluding hydrogens is 238 g/mol. The van der Waals surface area contributed by atoms with Gasteiger partial charge in [0.2, 0.25) is 11.8 Å². The lowest BCUT2D eigenvalue weighted by molar-refractivity contribution is -0.119. The minimum absolute atomic E-state index is 0.0491. The van der Waals surface area contributed by atoms with Crippen LogP contribution in [0.25, 0.3) is 10.8 Å². The summed E-state index contributed by atoms with van der Waals surface area (Å²) in [5.74, 6) is 0.573. The van der Waals surface area contributed by atoms with Crippen LogP contribution in [-0.4, -0.2) is 24.5 Å². The summed E-state index contributed by atoms with van der Waals surface area (Å²) in [6.07, 6.45) is 1.60. The summed E-state index contributed by atoms with van der Waals surface area (Å²) in [5, 5.41) is 7.49. The summed E-state index contributed by atoms with van der Waals surface area (Å²) in [4.78, 5) is 16.3. The molecule has 2 heterocycles. The molecule has 6 heteroatoms. The predicted octanol–water partition coefficient (Wildman–Crippen LogP) is 1.24. The number of oxazole rings is 1. The van der Waals surface area contributed by atoms with Crippen molar-refractivity contribution in [3.8, 4) is 10.8 Å². The number of carbonyl (C=O) groups excluding carboxylic acids is 1. The molecule has 90 valence electrons. The van der Waals surface area contributed by atoms with Gasteiger partial charge in [-0.15, -0.1) is 11.3 Å². The van der Waals surface area contributed by atoms with Gasteiger partial charge in [-0.05, 0) is 11.4 Å². The lowest BCUT2D eigenvalue weighted by Crippen LogP contribution is -2.31. The standard InChI is InChI=1S/C11H13N3O2S/c1-12-10(15)6-13-5-8-7-16-11(14-8)9-3-2-4-17-9/h2-4,7,13H,5-6H2,1H3,(H,12,15). The van der Waals surface area contributed by atoms with Crippen molar-refractivity contribution in [1.82, 2.24) is 15.6 Å². The first kappa shape index (κ1) is 11.8. The van der Waals surface area contributed by atoms with Gasteiger partial charge in [0.1, 0.15) is 6.26 Å². The van der Waals surface area contributed by atoms with Gasteiger partial charge in [0.15, 0.2) is 0 Å². The molecule has 5 nitrogen and oxygen atoms in total. The zero-order valence-electron chi connectivity index (χ0n) is 9.40. The summed E-state index contributed by atoms with van der Waals surface area (Å²) in [6, 6.07) is 3.91. The Labute approximate surface area is 103 Å². The molecule has 0 saturated carbocycles. The Kier molecular flexibility index (Phi) is 3.89. The van der Waals surface area contributed by atoms with Crippen LogP contribution in [0.15, 0.2) is 28.2 Å². The molecule has 0 fully saturated rings. The zero-order chi connectivity index (χ0) is 12.1. The van der Waals surface area contributed by atoms with Gasteiger partial charge in [0.05, 0.1) is 17.1 Å². The zero-order valence-corrected chi connectivity index (χ0v) is 10.2. The lowest BCUT2D eigenvalue weighted by Gasteiger charge is -1.99. The number of aromatic nitrogens is 1. The second-order valence-electron chi connectivity index (χ2n) is 3.40. The second-order valence-corrected chi connectivity index (χ2v) is 4.35. The minimum Gasteiger partial charge on any atom is -0.444 e. The molecular formula is C11H13N3O2S. The molecule has 0 aliphatic carbocycles. The number of nitrogens with zero attached hydrogens (tertiary/aromatic N) is 1. The van der Waals surface area contributed by atoms with Gasteiger partial charge >= 0.3 is 0 Å².